The van der Waals surface area contributed by atoms with Crippen LogP contribution >= 0.6 is 11.6 Å². The Morgan fingerprint density at radius 2 is 1.00 bits per heavy atom. The van der Waals surface area contributed by atoms with Crippen LogP contribution in [0.3, 0.4) is 0 Å². The zero-order valence-corrected chi connectivity index (χ0v) is 57.5. The van der Waals surface area contributed by atoms with E-state index in [-0.39, 0.29) is 51.1 Å². The van der Waals surface area contributed by atoms with Gasteiger partial charge in [0.2, 0.25) is 23.3 Å². The number of nitrogens with one attached hydrogen (secondary N) is 2. The second-order valence-electron chi connectivity index (χ2n) is 22.4. The number of pyridine rings is 4. The van der Waals surface area contributed by atoms with E-state index in [0.717, 1.165) is 11.6 Å². The molecule has 0 aliphatic carbocycles. The van der Waals surface area contributed by atoms with Crippen LogP contribution in [0.4, 0.5) is 34.9 Å². The molecule has 0 spiro atoms. The summed E-state index contributed by atoms with van der Waals surface area (Å²) in [6.45, 7) is 25.3. The summed E-state index contributed by atoms with van der Waals surface area (Å²) in [5.74, 6) is 0.645. The van der Waals surface area contributed by atoms with Gasteiger partial charge in [0.1, 0.15) is 11.6 Å². The maximum Gasteiger partial charge on any atom is 0.264 e. The minimum absolute atomic E-state index is 0.0191. The molecule has 92 heavy (non-hydrogen) atoms. The molecule has 474 valence electrons. The number of anilines is 4. The SMILES string of the molecule is CCC[CH2][Sn]([CH2]CCC)([CH2]CCC)[c]1cncc(S(C)(=O)=O)c1.[C-]#[N+]c1cnc(N)nc1N[C@@H](C)c1cc2cccc(-c3cncc(S(C)(=O)=O)c3)c2c(=O)n1-c1ccccc1.[C-]#[N+]c1cnc(N)nc1N[C@@H](C)c1cc2cccc(Cl)c2c(=O)n1-c1ccccc1. The molecule has 2 atom stereocenters. The molecule has 24 heteroatoms. The van der Waals surface area contributed by atoms with Gasteiger partial charge >= 0.3 is 147 Å². The predicted molar refractivity (Wildman–Crippen MR) is 372 cm³/mol. The van der Waals surface area contributed by atoms with Gasteiger partial charge in [0.25, 0.3) is 11.1 Å². The Hall–Kier alpha value is -9.07. The number of nitrogens with two attached hydrogens (primary N) is 2. The molecular formula is C68H73ClN14O6S2Sn. The zero-order chi connectivity index (χ0) is 66.3. The Morgan fingerprint density at radius 3 is 1.46 bits per heavy atom. The van der Waals surface area contributed by atoms with Crippen molar-refractivity contribution in [3.63, 3.8) is 0 Å². The van der Waals surface area contributed by atoms with Crippen LogP contribution in [0.25, 0.3) is 53.7 Å². The standard InChI is InChI=1S/C28H23N7O3S.C22H17ClN6O.C6H6NO2S.3C4H9.Sn/c1-17(33-26-23(30-2)16-32-28(29)34-26)24-13-18-8-7-11-22(19-12-21(15-31-14-19)39(3,37)38)25(18)27(36)35(24)20-9-5-4-6-10-20;1-13(27-20-17(25-2)12-26-22(24)28-20)18-11-14-7-6-10-16(23)19(14)21(30)29(18)15-8-4-3-5-9-15;1-10(8,9)6-3-2-4-7-5-6;3*1-3-4-2;/h4-17H,1,3H3,(H3,29,32,33,34);3-13H,1H3,(H3,24,26,27,28);3-5H,1H3;3*1,3-4H2,2H3;/t17-;13-;;;;;/m00...../s1. The molecule has 4 aromatic carbocycles. The molecule has 20 nitrogen and oxygen atoms in total. The van der Waals surface area contributed by atoms with Crippen LogP contribution in [0, 0.1) is 13.1 Å². The van der Waals surface area contributed by atoms with Crippen LogP contribution in [0.5, 0.6) is 0 Å². The average molecular weight is 1400 g/mol. The number of para-hydroxylation sites is 2. The van der Waals surface area contributed by atoms with E-state index in [1.54, 1.807) is 39.6 Å². The first-order chi connectivity index (χ1) is 44.1. The number of nitrogen functional groups attached to an aromatic ring is 2. The Balaban J connectivity index is 0.000000184. The number of fused-ring (bicyclic) bond motifs is 2. The Bertz CT molecular complexity index is 4720. The van der Waals surface area contributed by atoms with Gasteiger partial charge in [-0.15, -0.1) is 0 Å². The quantitative estimate of drug-likeness (QED) is 0.0384. The van der Waals surface area contributed by atoms with Gasteiger partial charge in [-0.05, 0) is 78.7 Å². The molecule has 10 rings (SSSR count). The third-order valence-corrected chi connectivity index (χ3v) is 33.7. The molecule has 0 saturated heterocycles. The van der Waals surface area contributed by atoms with Crippen molar-refractivity contribution in [1.82, 2.24) is 39.0 Å². The van der Waals surface area contributed by atoms with E-state index in [9.17, 15) is 26.4 Å². The Morgan fingerprint density at radius 1 is 0.565 bits per heavy atom. The summed E-state index contributed by atoms with van der Waals surface area (Å²) in [5.41, 5.74) is 15.1. The number of hydrogen-bond acceptors (Lipinski definition) is 16. The first kappa shape index (κ1) is 68.8. The van der Waals surface area contributed by atoms with Crippen LogP contribution in [0.2, 0.25) is 18.3 Å². The van der Waals surface area contributed by atoms with Crippen molar-refractivity contribution in [3.8, 4) is 22.5 Å². The van der Waals surface area contributed by atoms with Crippen LogP contribution < -0.4 is 36.8 Å². The Labute approximate surface area is 545 Å². The fraction of sp³-hybridized carbons (Fsp3) is 0.265. The summed E-state index contributed by atoms with van der Waals surface area (Å²) >= 11 is 3.78. The molecule has 0 aliphatic rings. The zero-order valence-electron chi connectivity index (χ0n) is 52.3. The Kier molecular flexibility index (Phi) is 23.1. The van der Waals surface area contributed by atoms with Crippen molar-refractivity contribution < 1.29 is 16.8 Å². The summed E-state index contributed by atoms with van der Waals surface area (Å²) in [4.78, 5) is 59.6. The first-order valence-corrected chi connectivity index (χ1v) is 41.7. The summed E-state index contributed by atoms with van der Waals surface area (Å²) in [6.07, 6.45) is 18.9. The average Bonchev–Trinajstić information content (AvgIpc) is 0.766. The fourth-order valence-corrected chi connectivity index (χ4v) is 28.5. The molecule has 0 saturated carbocycles. The van der Waals surface area contributed by atoms with Gasteiger partial charge in [-0.3, -0.25) is 23.7 Å². The molecule has 0 bridgehead atoms. The topological polar surface area (TPSA) is 274 Å². The molecule has 0 fully saturated rings. The van der Waals surface area contributed by atoms with Crippen LogP contribution in [0.1, 0.15) is 96.6 Å². The number of unbranched alkanes of at least 4 members (excludes halogenated alkanes) is 3. The maximum atomic E-state index is 14.3. The second-order valence-corrected chi connectivity index (χ2v) is 40.1. The van der Waals surface area contributed by atoms with E-state index in [0.29, 0.717) is 65.8 Å². The largest absolute Gasteiger partial charge is 0.371 e. The van der Waals surface area contributed by atoms with Gasteiger partial charge in [-0.2, -0.15) is 0 Å². The van der Waals surface area contributed by atoms with Gasteiger partial charge in [0, 0.05) is 59.4 Å². The fourth-order valence-electron chi connectivity index (χ4n) is 11.0. The van der Waals surface area contributed by atoms with Gasteiger partial charge < -0.3 is 22.1 Å². The summed E-state index contributed by atoms with van der Waals surface area (Å²) < 4.78 is 56.8. The second kappa shape index (κ2) is 30.8. The van der Waals surface area contributed by atoms with E-state index < -0.39 is 44.1 Å². The van der Waals surface area contributed by atoms with E-state index in [4.69, 9.17) is 36.2 Å². The number of benzene rings is 4. The van der Waals surface area contributed by atoms with Crippen molar-refractivity contribution in [1.29, 1.82) is 0 Å². The van der Waals surface area contributed by atoms with Crippen molar-refractivity contribution in [2.75, 3.05) is 34.6 Å². The molecule has 0 aliphatic heterocycles. The number of nitrogens with zero attached hydrogens (tertiary/aromatic N) is 10. The number of aromatic nitrogens is 8. The molecule has 6 N–H and O–H groups in total. The van der Waals surface area contributed by atoms with Gasteiger partial charge in [0.05, 0.1) is 45.9 Å². The predicted octanol–water partition coefficient (Wildman–Crippen LogP) is 13.8. The normalized spacial score (nSPS) is 12.1. The number of sulfone groups is 2. The molecule has 0 amide bonds. The van der Waals surface area contributed by atoms with Crippen LogP contribution in [0.15, 0.2) is 178 Å². The van der Waals surface area contributed by atoms with Gasteiger partial charge in [-0.25, -0.2) is 38.0 Å². The number of rotatable bonds is 21. The number of halogens is 1. The van der Waals surface area contributed by atoms with Crippen molar-refractivity contribution in [2.24, 2.45) is 0 Å². The van der Waals surface area contributed by atoms with Crippen molar-refractivity contribution >= 4 is 110 Å². The van der Waals surface area contributed by atoms with E-state index in [1.165, 1.54) is 92.5 Å². The smallest absolute Gasteiger partial charge is 0.264 e. The molecular weight excluding hydrogens is 1330 g/mol. The third-order valence-electron chi connectivity index (χ3n) is 15.8. The monoisotopic (exact) mass is 1400 g/mol. The van der Waals surface area contributed by atoms with Crippen LogP contribution in [-0.2, 0) is 19.7 Å². The van der Waals surface area contributed by atoms with Crippen molar-refractivity contribution in [2.45, 2.75) is 108 Å². The molecule has 0 radical (unpaired) electrons. The number of hydrogen-bond donors (Lipinski definition) is 4. The van der Waals surface area contributed by atoms with E-state index in [1.807, 2.05) is 111 Å². The molecule has 6 aromatic heterocycles. The van der Waals surface area contributed by atoms with Gasteiger partial charge in [0.15, 0.2) is 9.84 Å². The minimum atomic E-state index is -3.50. The van der Waals surface area contributed by atoms with E-state index >= 15 is 0 Å². The van der Waals surface area contributed by atoms with Crippen LogP contribution in [-0.4, -0.2) is 86.8 Å². The minimum Gasteiger partial charge on any atom is -0.371 e. The summed E-state index contributed by atoms with van der Waals surface area (Å²) in [7, 11) is -6.67. The third kappa shape index (κ3) is 16.3. The summed E-state index contributed by atoms with van der Waals surface area (Å²) in [5, 5.41) is 9.06. The van der Waals surface area contributed by atoms with Gasteiger partial charge in [-0.1, -0.05) is 78.3 Å². The van der Waals surface area contributed by atoms with E-state index in [2.05, 4.69) is 71.0 Å². The van der Waals surface area contributed by atoms with Crippen molar-refractivity contribution in [3.05, 3.63) is 218 Å². The molecule has 10 aromatic rings. The first-order valence-electron chi connectivity index (χ1n) is 30.0. The maximum absolute atomic E-state index is 14.3. The molecule has 0 unspecified atom stereocenters. The molecule has 6 heterocycles. The summed E-state index contributed by atoms with van der Waals surface area (Å²) in [6, 6.07) is 35.7.